The molecular formula is C45H82O4. The molecule has 1 atom stereocenters. The average molecular weight is 687 g/mol. The van der Waals surface area contributed by atoms with Gasteiger partial charge in [0, 0.05) is 12.8 Å². The van der Waals surface area contributed by atoms with Gasteiger partial charge >= 0.3 is 11.9 Å². The summed E-state index contributed by atoms with van der Waals surface area (Å²) in [6.45, 7) is 4.53. The molecule has 0 amide bonds. The summed E-state index contributed by atoms with van der Waals surface area (Å²) in [5.74, 6) is -0.781. The van der Waals surface area contributed by atoms with Crippen LogP contribution in [0.1, 0.15) is 232 Å². The van der Waals surface area contributed by atoms with E-state index >= 15 is 0 Å². The number of carbonyl (C=O) groups excluding carboxylic acids is 1. The summed E-state index contributed by atoms with van der Waals surface area (Å²) in [6, 6.07) is 0. The maximum absolute atomic E-state index is 12.7. The fraction of sp³-hybridized carbons (Fsp3) is 0.822. The Morgan fingerprint density at radius 3 is 1.35 bits per heavy atom. The first-order valence-electron chi connectivity index (χ1n) is 21.5. The third-order valence-corrected chi connectivity index (χ3v) is 9.60. The van der Waals surface area contributed by atoms with Crippen LogP contribution in [0.2, 0.25) is 0 Å². The summed E-state index contributed by atoms with van der Waals surface area (Å²) in [5.41, 5.74) is 0. The van der Waals surface area contributed by atoms with Gasteiger partial charge in [0.15, 0.2) is 0 Å². The molecule has 1 unspecified atom stereocenters. The second-order valence-electron chi connectivity index (χ2n) is 14.5. The minimum Gasteiger partial charge on any atom is -0.481 e. The molecule has 1 N–H and O–H groups in total. The van der Waals surface area contributed by atoms with E-state index in [2.05, 4.69) is 50.3 Å². The van der Waals surface area contributed by atoms with Crippen molar-refractivity contribution in [1.82, 2.24) is 0 Å². The van der Waals surface area contributed by atoms with E-state index in [0.717, 1.165) is 64.2 Å². The Kier molecular flexibility index (Phi) is 39.1. The van der Waals surface area contributed by atoms with E-state index < -0.39 is 5.97 Å². The van der Waals surface area contributed by atoms with Gasteiger partial charge in [0.2, 0.25) is 0 Å². The van der Waals surface area contributed by atoms with Crippen molar-refractivity contribution in [2.75, 3.05) is 0 Å². The zero-order chi connectivity index (χ0) is 35.7. The van der Waals surface area contributed by atoms with Gasteiger partial charge in [-0.25, -0.2) is 0 Å². The zero-order valence-electron chi connectivity index (χ0n) is 32.8. The maximum Gasteiger partial charge on any atom is 0.306 e. The second-order valence-corrected chi connectivity index (χ2v) is 14.5. The van der Waals surface area contributed by atoms with E-state index in [1.165, 1.54) is 141 Å². The first-order chi connectivity index (χ1) is 24.1. The standard InChI is InChI=1S/C45H82O4/c1-3-5-7-9-11-13-15-16-17-18-19-20-21-22-23-25-27-29-34-38-42-45(48)49-43(40-36-32-30-33-37-41-44(46)47)39-35-31-28-26-24-14-12-10-8-6-4-2/h12,14,26,28,35,39,43H,3-11,13,15-25,27,29-34,36-38,40-42H2,1-2H3,(H,46,47)/b14-12-,28-26-,39-35-. The fourth-order valence-electron chi connectivity index (χ4n) is 6.41. The highest BCUT2D eigenvalue weighted by Gasteiger charge is 2.11. The quantitative estimate of drug-likeness (QED) is 0.0397. The molecule has 0 saturated carbocycles. The molecule has 0 aromatic rings. The van der Waals surface area contributed by atoms with Crippen LogP contribution in [-0.2, 0) is 14.3 Å². The third-order valence-electron chi connectivity index (χ3n) is 9.60. The van der Waals surface area contributed by atoms with Crippen molar-refractivity contribution < 1.29 is 19.4 Å². The molecular weight excluding hydrogens is 604 g/mol. The third kappa shape index (κ3) is 40.5. The van der Waals surface area contributed by atoms with Crippen LogP contribution in [0, 0.1) is 0 Å². The monoisotopic (exact) mass is 687 g/mol. The van der Waals surface area contributed by atoms with Crippen molar-refractivity contribution in [3.05, 3.63) is 36.5 Å². The van der Waals surface area contributed by atoms with E-state index in [1.807, 2.05) is 0 Å². The number of aliphatic carboxylic acids is 1. The van der Waals surface area contributed by atoms with Crippen LogP contribution in [0.25, 0.3) is 0 Å². The smallest absolute Gasteiger partial charge is 0.306 e. The molecule has 0 heterocycles. The van der Waals surface area contributed by atoms with Gasteiger partial charge in [-0.15, -0.1) is 0 Å². The molecule has 49 heavy (non-hydrogen) atoms. The highest BCUT2D eigenvalue weighted by atomic mass is 16.5. The van der Waals surface area contributed by atoms with Crippen molar-refractivity contribution in [3.8, 4) is 0 Å². The van der Waals surface area contributed by atoms with Crippen LogP contribution in [0.4, 0.5) is 0 Å². The molecule has 0 rings (SSSR count). The average Bonchev–Trinajstić information content (AvgIpc) is 3.09. The van der Waals surface area contributed by atoms with Gasteiger partial charge in [-0.05, 0) is 57.4 Å². The predicted molar refractivity (Wildman–Crippen MR) is 213 cm³/mol. The van der Waals surface area contributed by atoms with Crippen LogP contribution in [0.3, 0.4) is 0 Å². The van der Waals surface area contributed by atoms with Crippen molar-refractivity contribution >= 4 is 11.9 Å². The van der Waals surface area contributed by atoms with Gasteiger partial charge in [-0.1, -0.05) is 198 Å². The van der Waals surface area contributed by atoms with Gasteiger partial charge in [-0.3, -0.25) is 9.59 Å². The molecule has 0 spiro atoms. The van der Waals surface area contributed by atoms with Crippen LogP contribution >= 0.6 is 0 Å². The number of ether oxygens (including phenoxy) is 1. The minimum atomic E-state index is -0.714. The number of unbranched alkanes of at least 4 members (excludes halogenated alkanes) is 26. The largest absolute Gasteiger partial charge is 0.481 e. The van der Waals surface area contributed by atoms with E-state index in [4.69, 9.17) is 9.84 Å². The van der Waals surface area contributed by atoms with Gasteiger partial charge in [-0.2, -0.15) is 0 Å². The Hall–Kier alpha value is -1.84. The summed E-state index contributed by atoms with van der Waals surface area (Å²) in [7, 11) is 0. The Morgan fingerprint density at radius 1 is 0.469 bits per heavy atom. The lowest BCUT2D eigenvalue weighted by atomic mass is 10.0. The minimum absolute atomic E-state index is 0.0673. The van der Waals surface area contributed by atoms with Gasteiger partial charge in [0.1, 0.15) is 6.10 Å². The Bertz CT molecular complexity index is 783. The highest BCUT2D eigenvalue weighted by Crippen LogP contribution is 2.17. The Morgan fingerprint density at radius 2 is 0.857 bits per heavy atom. The summed E-state index contributed by atoms with van der Waals surface area (Å²) < 4.78 is 5.90. The molecule has 0 aliphatic carbocycles. The molecule has 0 aromatic carbocycles. The Labute approximate surface area is 305 Å². The normalized spacial score (nSPS) is 12.5. The zero-order valence-corrected chi connectivity index (χ0v) is 32.8. The number of hydrogen-bond acceptors (Lipinski definition) is 3. The van der Waals surface area contributed by atoms with E-state index in [9.17, 15) is 9.59 Å². The summed E-state index contributed by atoms with van der Waals surface area (Å²) >= 11 is 0. The Balaban J connectivity index is 3.99. The van der Waals surface area contributed by atoms with Crippen LogP contribution in [0.5, 0.6) is 0 Å². The van der Waals surface area contributed by atoms with Gasteiger partial charge in [0.25, 0.3) is 0 Å². The molecule has 0 aromatic heterocycles. The summed E-state index contributed by atoms with van der Waals surface area (Å²) in [5, 5.41) is 8.82. The summed E-state index contributed by atoms with van der Waals surface area (Å²) in [4.78, 5) is 23.4. The van der Waals surface area contributed by atoms with E-state index in [1.54, 1.807) is 0 Å². The number of rotatable bonds is 39. The number of carboxylic acids is 1. The molecule has 0 aliphatic rings. The molecule has 0 radical (unpaired) electrons. The van der Waals surface area contributed by atoms with Crippen molar-refractivity contribution in [2.24, 2.45) is 0 Å². The fourth-order valence-corrected chi connectivity index (χ4v) is 6.41. The molecule has 286 valence electrons. The van der Waals surface area contributed by atoms with Crippen LogP contribution in [-0.4, -0.2) is 23.1 Å². The van der Waals surface area contributed by atoms with Gasteiger partial charge in [0.05, 0.1) is 0 Å². The number of allylic oxidation sites excluding steroid dienone is 5. The molecule has 0 aliphatic heterocycles. The molecule has 4 heteroatoms. The molecule has 0 fully saturated rings. The van der Waals surface area contributed by atoms with Gasteiger partial charge < -0.3 is 9.84 Å². The highest BCUT2D eigenvalue weighted by molar-refractivity contribution is 5.69. The second kappa shape index (κ2) is 40.6. The predicted octanol–water partition coefficient (Wildman–Crippen LogP) is 15.0. The maximum atomic E-state index is 12.7. The molecule has 0 bridgehead atoms. The number of esters is 1. The SMILES string of the molecule is CCCCC/C=C\C/C=C\C/C=C\C(CCCCCCCC(=O)O)OC(=O)CCCCCCCCCCCCCCCCCCCCCC. The number of hydrogen-bond donors (Lipinski definition) is 1. The first kappa shape index (κ1) is 47.2. The lowest BCUT2D eigenvalue weighted by molar-refractivity contribution is -0.147. The first-order valence-corrected chi connectivity index (χ1v) is 21.5. The van der Waals surface area contributed by atoms with Crippen LogP contribution < -0.4 is 0 Å². The van der Waals surface area contributed by atoms with Crippen molar-refractivity contribution in [2.45, 2.75) is 238 Å². The van der Waals surface area contributed by atoms with Crippen molar-refractivity contribution in [3.63, 3.8) is 0 Å². The summed E-state index contributed by atoms with van der Waals surface area (Å²) in [6.07, 6.45) is 53.3. The van der Waals surface area contributed by atoms with Crippen molar-refractivity contribution in [1.29, 1.82) is 0 Å². The molecule has 0 saturated heterocycles. The van der Waals surface area contributed by atoms with Crippen LogP contribution in [0.15, 0.2) is 36.5 Å². The topological polar surface area (TPSA) is 63.6 Å². The molecule has 4 nitrogen and oxygen atoms in total. The number of carbonyl (C=O) groups is 2. The van der Waals surface area contributed by atoms with E-state index in [-0.39, 0.29) is 18.5 Å². The lowest BCUT2D eigenvalue weighted by Gasteiger charge is -2.14. The number of carboxylic acid groups (broad SMARTS) is 1. The van der Waals surface area contributed by atoms with E-state index in [0.29, 0.717) is 6.42 Å². The lowest BCUT2D eigenvalue weighted by Crippen LogP contribution is -2.16.